The summed E-state index contributed by atoms with van der Waals surface area (Å²) in [5.41, 5.74) is 10.9. The van der Waals surface area contributed by atoms with Crippen LogP contribution in [0.5, 0.6) is 0 Å². The Balaban J connectivity index is 2.15. The van der Waals surface area contributed by atoms with E-state index in [0.717, 1.165) is 33.2 Å². The molecule has 4 heteroatoms. The number of nitrogens with zero attached hydrogens (tertiary/aromatic N) is 1. The minimum absolute atomic E-state index is 0.645. The monoisotopic (exact) mass is 341 g/mol. The van der Waals surface area contributed by atoms with Crippen molar-refractivity contribution in [3.05, 3.63) is 58.7 Å². The van der Waals surface area contributed by atoms with Gasteiger partial charge in [-0.25, -0.2) is 0 Å². The van der Waals surface area contributed by atoms with Crippen LogP contribution in [0.1, 0.15) is 12.5 Å². The van der Waals surface area contributed by atoms with E-state index in [9.17, 15) is 0 Å². The first kappa shape index (κ1) is 13.9. The lowest BCUT2D eigenvalue weighted by Gasteiger charge is -2.15. The topological polar surface area (TPSA) is 50.9 Å². The van der Waals surface area contributed by atoms with E-state index >= 15 is 0 Å². The van der Waals surface area contributed by atoms with Gasteiger partial charge in [0.1, 0.15) is 0 Å². The van der Waals surface area contributed by atoms with Gasteiger partial charge in [0.25, 0.3) is 0 Å². The molecular formula is C17H16BrN3. The number of pyridine rings is 1. The number of aromatic nitrogens is 1. The summed E-state index contributed by atoms with van der Waals surface area (Å²) in [5.74, 6) is 0. The highest BCUT2D eigenvalue weighted by atomic mass is 79.9. The molecule has 1 aromatic heterocycles. The number of benzene rings is 2. The molecule has 0 bridgehead atoms. The largest absolute Gasteiger partial charge is 0.396 e. The van der Waals surface area contributed by atoms with Gasteiger partial charge in [-0.1, -0.05) is 41.1 Å². The summed E-state index contributed by atoms with van der Waals surface area (Å²) in [7, 11) is 0. The number of fused-ring (bicyclic) bond motifs is 1. The molecule has 106 valence electrons. The van der Waals surface area contributed by atoms with Gasteiger partial charge in [0.15, 0.2) is 0 Å². The lowest BCUT2D eigenvalue weighted by atomic mass is 10.1. The van der Waals surface area contributed by atoms with Gasteiger partial charge in [-0.2, -0.15) is 0 Å². The number of nitrogens with two attached hydrogens (primary N) is 1. The fraction of sp³-hybridized carbons (Fsp3) is 0.118. The van der Waals surface area contributed by atoms with E-state index in [1.165, 1.54) is 5.56 Å². The Morgan fingerprint density at radius 1 is 1.19 bits per heavy atom. The molecule has 0 aliphatic carbocycles. The highest BCUT2D eigenvalue weighted by Gasteiger charge is 2.09. The zero-order chi connectivity index (χ0) is 14.8. The van der Waals surface area contributed by atoms with E-state index in [1.807, 2.05) is 24.3 Å². The maximum atomic E-state index is 6.14. The van der Waals surface area contributed by atoms with Crippen molar-refractivity contribution in [3.8, 4) is 0 Å². The molecule has 0 atom stereocenters. The van der Waals surface area contributed by atoms with Crippen LogP contribution in [0.15, 0.2) is 53.1 Å². The Bertz CT molecular complexity index is 794. The van der Waals surface area contributed by atoms with E-state index in [1.54, 1.807) is 6.20 Å². The van der Waals surface area contributed by atoms with Gasteiger partial charge in [-0.3, -0.25) is 4.98 Å². The highest BCUT2D eigenvalue weighted by Crippen LogP contribution is 2.33. The van der Waals surface area contributed by atoms with Crippen LogP contribution < -0.4 is 11.1 Å². The molecule has 3 N–H and O–H groups in total. The number of nitrogens with one attached hydrogen (secondary N) is 1. The van der Waals surface area contributed by atoms with Gasteiger partial charge >= 0.3 is 0 Å². The van der Waals surface area contributed by atoms with E-state index in [4.69, 9.17) is 5.73 Å². The molecule has 0 unspecified atom stereocenters. The van der Waals surface area contributed by atoms with Gasteiger partial charge < -0.3 is 11.1 Å². The number of nitrogen functional groups attached to an aromatic ring is 1. The van der Waals surface area contributed by atoms with Crippen molar-refractivity contribution >= 4 is 43.9 Å². The normalized spacial score (nSPS) is 10.8. The maximum Gasteiger partial charge on any atom is 0.0746 e. The number of hydrogen-bond acceptors (Lipinski definition) is 3. The first-order chi connectivity index (χ1) is 10.2. The molecule has 2 aromatic carbocycles. The summed E-state index contributed by atoms with van der Waals surface area (Å²) >= 11 is 3.51. The van der Waals surface area contributed by atoms with Gasteiger partial charge in [0, 0.05) is 15.5 Å². The van der Waals surface area contributed by atoms with Crippen molar-refractivity contribution in [3.63, 3.8) is 0 Å². The van der Waals surface area contributed by atoms with Crippen molar-refractivity contribution in [1.82, 2.24) is 4.98 Å². The summed E-state index contributed by atoms with van der Waals surface area (Å²) in [4.78, 5) is 4.38. The third kappa shape index (κ3) is 2.72. The van der Waals surface area contributed by atoms with Crippen LogP contribution in [-0.4, -0.2) is 4.98 Å². The smallest absolute Gasteiger partial charge is 0.0746 e. The van der Waals surface area contributed by atoms with Crippen molar-refractivity contribution in [2.24, 2.45) is 0 Å². The Morgan fingerprint density at radius 3 is 2.81 bits per heavy atom. The second-order valence-electron chi connectivity index (χ2n) is 4.89. The van der Waals surface area contributed by atoms with Crippen molar-refractivity contribution in [2.45, 2.75) is 13.3 Å². The van der Waals surface area contributed by atoms with E-state index < -0.39 is 0 Å². The molecule has 0 amide bonds. The van der Waals surface area contributed by atoms with Crippen LogP contribution in [0, 0.1) is 0 Å². The predicted octanol–water partition coefficient (Wildman–Crippen LogP) is 4.89. The molecule has 3 rings (SSSR count). The second kappa shape index (κ2) is 5.74. The molecule has 0 saturated heterocycles. The van der Waals surface area contributed by atoms with Crippen LogP contribution in [0.4, 0.5) is 17.1 Å². The van der Waals surface area contributed by atoms with Gasteiger partial charge in [-0.05, 0) is 36.2 Å². The summed E-state index contributed by atoms with van der Waals surface area (Å²) in [5, 5.41) is 4.49. The standard InChI is InChI=1S/C17H16BrN3/c1-2-11-5-3-4-6-15(11)21-17-13-9-12(18)7-8-16(13)20-10-14(17)19/h3-10H,2,19H2,1H3,(H,20,21). The number of anilines is 3. The van der Waals surface area contributed by atoms with E-state index in [-0.39, 0.29) is 0 Å². The number of rotatable bonds is 3. The van der Waals surface area contributed by atoms with E-state index in [2.05, 4.69) is 51.4 Å². The molecule has 21 heavy (non-hydrogen) atoms. The highest BCUT2D eigenvalue weighted by molar-refractivity contribution is 9.10. The number of aryl methyl sites for hydroxylation is 1. The third-order valence-electron chi connectivity index (χ3n) is 3.52. The predicted molar refractivity (Wildman–Crippen MR) is 93.0 cm³/mol. The summed E-state index contributed by atoms with van der Waals surface area (Å²) in [6.07, 6.45) is 2.67. The van der Waals surface area contributed by atoms with Crippen molar-refractivity contribution in [2.75, 3.05) is 11.1 Å². The average molecular weight is 342 g/mol. The molecule has 3 nitrogen and oxygen atoms in total. The van der Waals surface area contributed by atoms with Crippen LogP contribution in [0.2, 0.25) is 0 Å². The zero-order valence-electron chi connectivity index (χ0n) is 11.7. The molecule has 3 aromatic rings. The Hall–Kier alpha value is -2.07. The lowest BCUT2D eigenvalue weighted by Crippen LogP contribution is -2.01. The lowest BCUT2D eigenvalue weighted by molar-refractivity contribution is 1.14. The van der Waals surface area contributed by atoms with Crippen molar-refractivity contribution < 1.29 is 0 Å². The number of para-hydroxylation sites is 1. The number of hydrogen-bond donors (Lipinski definition) is 2. The molecule has 0 aliphatic rings. The Labute approximate surface area is 132 Å². The van der Waals surface area contributed by atoms with Gasteiger partial charge in [0.2, 0.25) is 0 Å². The Kier molecular flexibility index (Phi) is 3.80. The van der Waals surface area contributed by atoms with Crippen LogP contribution in [0.3, 0.4) is 0 Å². The fourth-order valence-corrected chi connectivity index (χ4v) is 2.77. The average Bonchev–Trinajstić information content (AvgIpc) is 2.50. The minimum Gasteiger partial charge on any atom is -0.396 e. The first-order valence-electron chi connectivity index (χ1n) is 6.87. The SMILES string of the molecule is CCc1ccccc1Nc1c(N)cnc2ccc(Br)cc12. The summed E-state index contributed by atoms with van der Waals surface area (Å²) < 4.78 is 1.01. The Morgan fingerprint density at radius 2 is 2.00 bits per heavy atom. The number of halogens is 1. The van der Waals surface area contributed by atoms with Crippen LogP contribution >= 0.6 is 15.9 Å². The molecule has 0 fully saturated rings. The quantitative estimate of drug-likeness (QED) is 0.713. The fourth-order valence-electron chi connectivity index (χ4n) is 2.40. The molecule has 0 spiro atoms. The van der Waals surface area contributed by atoms with Crippen molar-refractivity contribution in [1.29, 1.82) is 0 Å². The van der Waals surface area contributed by atoms with Gasteiger partial charge in [0.05, 0.1) is 23.1 Å². The molecular weight excluding hydrogens is 326 g/mol. The zero-order valence-corrected chi connectivity index (χ0v) is 13.3. The molecule has 0 aliphatic heterocycles. The van der Waals surface area contributed by atoms with Crippen LogP contribution in [0.25, 0.3) is 10.9 Å². The molecule has 0 saturated carbocycles. The third-order valence-corrected chi connectivity index (χ3v) is 4.01. The molecule has 1 heterocycles. The summed E-state index contributed by atoms with van der Waals surface area (Å²) in [6, 6.07) is 14.3. The van der Waals surface area contributed by atoms with Gasteiger partial charge in [-0.15, -0.1) is 0 Å². The second-order valence-corrected chi connectivity index (χ2v) is 5.80. The molecule has 0 radical (unpaired) electrons. The first-order valence-corrected chi connectivity index (χ1v) is 7.67. The minimum atomic E-state index is 0.645. The van der Waals surface area contributed by atoms with Crippen LogP contribution in [-0.2, 0) is 6.42 Å². The van der Waals surface area contributed by atoms with E-state index in [0.29, 0.717) is 5.69 Å². The summed E-state index contributed by atoms with van der Waals surface area (Å²) in [6.45, 7) is 2.14. The maximum absolute atomic E-state index is 6.14.